The van der Waals surface area contributed by atoms with Gasteiger partial charge in [-0.05, 0) is 0 Å². The van der Waals surface area contributed by atoms with E-state index >= 15 is 0 Å². The number of rotatable bonds is 3. The first-order valence-electron chi connectivity index (χ1n) is 3.80. The van der Waals surface area contributed by atoms with E-state index in [2.05, 4.69) is 0 Å². The fraction of sp³-hybridized carbons (Fsp3) is 0.375. The summed E-state index contributed by atoms with van der Waals surface area (Å²) in [5, 5.41) is 0. The predicted octanol–water partition coefficient (Wildman–Crippen LogP) is -0.238. The second-order valence-corrected chi connectivity index (χ2v) is 3.74. The average Bonchev–Trinajstić information content (AvgIpc) is 2.04. The highest BCUT2D eigenvalue weighted by Crippen LogP contribution is 2.05. The SMILES string of the molecule is CN(C)c1cc[n+](OS(C)=O)cc1. The topological polar surface area (TPSA) is 33.4 Å². The largest absolute Gasteiger partial charge is 0.377 e. The summed E-state index contributed by atoms with van der Waals surface area (Å²) in [5.41, 5.74) is 1.07. The van der Waals surface area contributed by atoms with Crippen LogP contribution in [0.4, 0.5) is 5.69 Å². The Kier molecular flexibility index (Phi) is 3.25. The van der Waals surface area contributed by atoms with Gasteiger partial charge in [-0.2, -0.15) is 4.28 Å². The molecule has 1 aromatic heterocycles. The van der Waals surface area contributed by atoms with Crippen molar-refractivity contribution >= 4 is 16.8 Å². The second-order valence-electron chi connectivity index (χ2n) is 2.79. The van der Waals surface area contributed by atoms with Gasteiger partial charge in [-0.25, -0.2) is 4.21 Å². The van der Waals surface area contributed by atoms with E-state index in [1.807, 2.05) is 31.1 Å². The lowest BCUT2D eigenvalue weighted by molar-refractivity contribution is -0.855. The van der Waals surface area contributed by atoms with E-state index in [1.54, 1.807) is 12.4 Å². The molecule has 0 radical (unpaired) electrons. The van der Waals surface area contributed by atoms with Crippen molar-refractivity contribution in [2.24, 2.45) is 0 Å². The van der Waals surface area contributed by atoms with Crippen molar-refractivity contribution < 1.29 is 13.2 Å². The molecule has 1 unspecified atom stereocenters. The van der Waals surface area contributed by atoms with E-state index in [9.17, 15) is 4.21 Å². The van der Waals surface area contributed by atoms with Gasteiger partial charge in [0.25, 0.3) is 11.1 Å². The molecule has 0 fully saturated rings. The second kappa shape index (κ2) is 4.23. The minimum atomic E-state index is -1.28. The maximum atomic E-state index is 10.7. The van der Waals surface area contributed by atoms with Gasteiger partial charge in [0.1, 0.15) is 0 Å². The van der Waals surface area contributed by atoms with Crippen LogP contribution in [0.2, 0.25) is 0 Å². The van der Waals surface area contributed by atoms with Crippen LogP contribution in [0.25, 0.3) is 0 Å². The molecule has 1 aromatic rings. The van der Waals surface area contributed by atoms with Crippen molar-refractivity contribution in [3.05, 3.63) is 24.5 Å². The van der Waals surface area contributed by atoms with Crippen molar-refractivity contribution in [2.75, 3.05) is 25.3 Å². The molecule has 0 aromatic carbocycles. The van der Waals surface area contributed by atoms with Gasteiger partial charge in [0, 0.05) is 36.6 Å². The Morgan fingerprint density at radius 2 is 1.92 bits per heavy atom. The van der Waals surface area contributed by atoms with E-state index in [0.29, 0.717) is 0 Å². The first-order valence-corrected chi connectivity index (χ1v) is 5.29. The molecule has 1 atom stereocenters. The molecule has 4 nitrogen and oxygen atoms in total. The Morgan fingerprint density at radius 3 is 2.31 bits per heavy atom. The quantitative estimate of drug-likeness (QED) is 0.633. The molecule has 13 heavy (non-hydrogen) atoms. The number of hydrogen-bond acceptors (Lipinski definition) is 3. The first kappa shape index (κ1) is 9.98. The summed E-state index contributed by atoms with van der Waals surface area (Å²) >= 11 is -1.28. The third-order valence-corrected chi connectivity index (χ3v) is 1.87. The molecule has 0 aliphatic rings. The lowest BCUT2D eigenvalue weighted by Gasteiger charge is -2.09. The van der Waals surface area contributed by atoms with Crippen LogP contribution >= 0.6 is 0 Å². The van der Waals surface area contributed by atoms with Crippen molar-refractivity contribution in [1.82, 2.24) is 0 Å². The molecule has 5 heteroatoms. The van der Waals surface area contributed by atoms with Crippen LogP contribution < -0.4 is 13.9 Å². The van der Waals surface area contributed by atoms with E-state index in [4.69, 9.17) is 4.28 Å². The molecule has 0 saturated heterocycles. The number of pyridine rings is 1. The average molecular weight is 201 g/mol. The zero-order valence-electron chi connectivity index (χ0n) is 7.93. The van der Waals surface area contributed by atoms with Gasteiger partial charge in [-0.15, -0.1) is 0 Å². The number of anilines is 1. The number of nitrogens with zero attached hydrogens (tertiary/aromatic N) is 2. The molecule has 0 saturated carbocycles. The Hall–Kier alpha value is -1.10. The van der Waals surface area contributed by atoms with E-state index < -0.39 is 11.1 Å². The third kappa shape index (κ3) is 3.02. The van der Waals surface area contributed by atoms with E-state index in [0.717, 1.165) is 5.69 Å². The van der Waals surface area contributed by atoms with Crippen LogP contribution in [0.5, 0.6) is 0 Å². The molecular weight excluding hydrogens is 188 g/mol. The van der Waals surface area contributed by atoms with Gasteiger partial charge in [-0.1, -0.05) is 0 Å². The highest BCUT2D eigenvalue weighted by Gasteiger charge is 2.04. The normalized spacial score (nSPS) is 12.2. The minimum Gasteiger partial charge on any atom is -0.377 e. The number of hydrogen-bond donors (Lipinski definition) is 0. The Balaban J connectivity index is 2.75. The van der Waals surface area contributed by atoms with Gasteiger partial charge in [0.05, 0.1) is 6.26 Å². The van der Waals surface area contributed by atoms with Crippen molar-refractivity contribution in [2.45, 2.75) is 0 Å². The standard InChI is InChI=1S/C8H13N2O2S/c1-9(2)8-4-6-10(7-5-8)12-13(3)11/h4-7H,1-3H3/q+1. The molecule has 1 rings (SSSR count). The lowest BCUT2D eigenvalue weighted by Crippen LogP contribution is -2.42. The summed E-state index contributed by atoms with van der Waals surface area (Å²) < 4.78 is 17.0. The van der Waals surface area contributed by atoms with Crippen LogP contribution in [0.1, 0.15) is 0 Å². The zero-order valence-corrected chi connectivity index (χ0v) is 8.75. The maximum absolute atomic E-state index is 10.7. The van der Waals surface area contributed by atoms with Crippen LogP contribution in [0.15, 0.2) is 24.5 Å². The fourth-order valence-corrected chi connectivity index (χ4v) is 1.22. The molecule has 0 aliphatic carbocycles. The molecule has 72 valence electrons. The summed E-state index contributed by atoms with van der Waals surface area (Å²) in [5.74, 6) is 0. The monoisotopic (exact) mass is 201 g/mol. The molecule has 0 amide bonds. The minimum absolute atomic E-state index is 1.07. The Labute approximate surface area is 80.4 Å². The third-order valence-electron chi connectivity index (χ3n) is 1.49. The van der Waals surface area contributed by atoms with Crippen LogP contribution in [-0.2, 0) is 11.1 Å². The van der Waals surface area contributed by atoms with E-state index in [1.165, 1.54) is 11.0 Å². The highest BCUT2D eigenvalue weighted by molar-refractivity contribution is 7.79. The summed E-state index contributed by atoms with van der Waals surface area (Å²) in [6, 6.07) is 3.76. The Bertz CT molecular complexity index is 298. The van der Waals surface area contributed by atoms with Crippen LogP contribution in [-0.4, -0.2) is 24.6 Å². The summed E-state index contributed by atoms with van der Waals surface area (Å²) in [7, 11) is 3.91. The molecule has 0 bridgehead atoms. The van der Waals surface area contributed by atoms with Crippen LogP contribution in [0.3, 0.4) is 0 Å². The molecule has 0 N–H and O–H groups in total. The highest BCUT2D eigenvalue weighted by atomic mass is 32.2. The molecular formula is C8H13N2O2S+. The summed E-state index contributed by atoms with van der Waals surface area (Å²) in [6.45, 7) is 0. The summed E-state index contributed by atoms with van der Waals surface area (Å²) in [4.78, 5) is 1.98. The van der Waals surface area contributed by atoms with Crippen molar-refractivity contribution in [3.8, 4) is 0 Å². The zero-order chi connectivity index (χ0) is 9.84. The molecule has 0 spiro atoms. The smallest absolute Gasteiger partial charge is 0.273 e. The predicted molar refractivity (Wildman–Crippen MR) is 51.6 cm³/mol. The maximum Gasteiger partial charge on any atom is 0.273 e. The van der Waals surface area contributed by atoms with Gasteiger partial charge in [-0.3, -0.25) is 0 Å². The van der Waals surface area contributed by atoms with Gasteiger partial charge >= 0.3 is 0 Å². The van der Waals surface area contributed by atoms with Crippen molar-refractivity contribution in [1.29, 1.82) is 0 Å². The van der Waals surface area contributed by atoms with Gasteiger partial charge < -0.3 is 4.90 Å². The summed E-state index contributed by atoms with van der Waals surface area (Å²) in [6.07, 6.45) is 4.92. The van der Waals surface area contributed by atoms with Crippen LogP contribution in [0, 0.1) is 0 Å². The van der Waals surface area contributed by atoms with E-state index in [-0.39, 0.29) is 0 Å². The van der Waals surface area contributed by atoms with Crippen molar-refractivity contribution in [3.63, 3.8) is 0 Å². The molecule has 1 heterocycles. The lowest BCUT2D eigenvalue weighted by atomic mass is 10.4. The van der Waals surface area contributed by atoms with Gasteiger partial charge in [0.2, 0.25) is 12.4 Å². The van der Waals surface area contributed by atoms with Gasteiger partial charge in [0.15, 0.2) is 0 Å². The number of aromatic nitrogens is 1. The fourth-order valence-electron chi connectivity index (χ4n) is 0.874. The first-order chi connectivity index (χ1) is 6.09. The Morgan fingerprint density at radius 1 is 1.38 bits per heavy atom. The molecule has 0 aliphatic heterocycles.